The number of amides is 1. The molecule has 1 aliphatic rings. The summed E-state index contributed by atoms with van der Waals surface area (Å²) in [7, 11) is 0. The van der Waals surface area contributed by atoms with E-state index in [-0.39, 0.29) is 17.6 Å². The Morgan fingerprint density at radius 2 is 2.00 bits per heavy atom. The van der Waals surface area contributed by atoms with Crippen LogP contribution in [0.4, 0.5) is 9.52 Å². The summed E-state index contributed by atoms with van der Waals surface area (Å²) >= 11 is 1.40. The SMILES string of the molecule is CCCCCNC(=O)C1CCN(c2nc(Cc3ccc(F)cc3)ns2)CC1. The minimum Gasteiger partial charge on any atom is -0.356 e. The third-order valence-corrected chi connectivity index (χ3v) is 5.76. The van der Waals surface area contributed by atoms with Crippen molar-refractivity contribution < 1.29 is 9.18 Å². The van der Waals surface area contributed by atoms with Crippen molar-refractivity contribution >= 4 is 22.6 Å². The standard InChI is InChI=1S/C20H27FN4OS/c1-2-3-4-11-22-19(26)16-9-12-25(13-10-16)20-23-18(24-27-20)14-15-5-7-17(21)8-6-15/h5-8,16H,2-4,9-14H2,1H3,(H,22,26). The molecule has 0 bridgehead atoms. The fourth-order valence-electron chi connectivity index (χ4n) is 3.29. The lowest BCUT2D eigenvalue weighted by atomic mass is 9.96. The van der Waals surface area contributed by atoms with Crippen LogP contribution in [0.2, 0.25) is 0 Å². The highest BCUT2D eigenvalue weighted by atomic mass is 32.1. The van der Waals surface area contributed by atoms with E-state index < -0.39 is 0 Å². The van der Waals surface area contributed by atoms with Crippen molar-refractivity contribution in [3.05, 3.63) is 41.5 Å². The van der Waals surface area contributed by atoms with Crippen LogP contribution < -0.4 is 10.2 Å². The zero-order valence-electron chi connectivity index (χ0n) is 15.8. The third-order valence-electron chi connectivity index (χ3n) is 4.95. The monoisotopic (exact) mass is 390 g/mol. The Morgan fingerprint density at radius 3 is 2.70 bits per heavy atom. The Morgan fingerprint density at radius 1 is 1.26 bits per heavy atom. The molecular weight excluding hydrogens is 363 g/mol. The molecule has 1 saturated heterocycles. The van der Waals surface area contributed by atoms with Crippen LogP contribution in [0.5, 0.6) is 0 Å². The van der Waals surface area contributed by atoms with Crippen molar-refractivity contribution in [3.63, 3.8) is 0 Å². The molecule has 0 unspecified atom stereocenters. The average Bonchev–Trinajstić information content (AvgIpc) is 3.15. The molecule has 3 rings (SSSR count). The van der Waals surface area contributed by atoms with Gasteiger partial charge in [0.2, 0.25) is 11.0 Å². The van der Waals surface area contributed by atoms with Gasteiger partial charge >= 0.3 is 0 Å². The second kappa shape index (κ2) is 9.78. The molecule has 1 amide bonds. The van der Waals surface area contributed by atoms with Crippen LogP contribution >= 0.6 is 11.5 Å². The summed E-state index contributed by atoms with van der Waals surface area (Å²) in [6.07, 6.45) is 5.70. The number of carbonyl (C=O) groups is 1. The maximum atomic E-state index is 13.0. The Kier molecular flexibility index (Phi) is 7.15. The molecule has 2 heterocycles. The summed E-state index contributed by atoms with van der Waals surface area (Å²) in [5.74, 6) is 0.829. The Hall–Kier alpha value is -2.02. The van der Waals surface area contributed by atoms with Crippen LogP contribution in [0.1, 0.15) is 50.4 Å². The molecule has 1 aromatic carbocycles. The van der Waals surface area contributed by atoms with Crippen LogP contribution in [0.15, 0.2) is 24.3 Å². The number of benzene rings is 1. The molecule has 0 aliphatic carbocycles. The van der Waals surface area contributed by atoms with Crippen molar-refractivity contribution in [2.75, 3.05) is 24.5 Å². The molecule has 1 N–H and O–H groups in total. The number of carbonyl (C=O) groups excluding carboxylic acids is 1. The molecule has 0 spiro atoms. The number of halogens is 1. The molecule has 0 atom stereocenters. The van der Waals surface area contributed by atoms with Gasteiger partial charge in [0.05, 0.1) is 0 Å². The smallest absolute Gasteiger partial charge is 0.223 e. The zero-order chi connectivity index (χ0) is 19.1. The molecule has 0 radical (unpaired) electrons. The molecular formula is C20H27FN4OS. The molecule has 7 heteroatoms. The van der Waals surface area contributed by atoms with E-state index in [0.29, 0.717) is 6.42 Å². The minimum absolute atomic E-state index is 0.106. The third kappa shape index (κ3) is 5.73. The second-order valence-corrected chi connectivity index (χ2v) is 7.79. The lowest BCUT2D eigenvalue weighted by molar-refractivity contribution is -0.125. The maximum absolute atomic E-state index is 13.0. The maximum Gasteiger partial charge on any atom is 0.223 e. The van der Waals surface area contributed by atoms with Crippen molar-refractivity contribution in [2.24, 2.45) is 5.92 Å². The molecule has 2 aromatic rings. The van der Waals surface area contributed by atoms with Crippen LogP contribution in [0.3, 0.4) is 0 Å². The number of nitrogens with zero attached hydrogens (tertiary/aromatic N) is 3. The van der Waals surface area contributed by atoms with Gasteiger partial charge in [0.1, 0.15) is 11.6 Å². The number of nitrogens with one attached hydrogen (secondary N) is 1. The minimum atomic E-state index is -0.233. The first kappa shape index (κ1) is 19.7. The Balaban J connectivity index is 1.46. The molecule has 27 heavy (non-hydrogen) atoms. The highest BCUT2D eigenvalue weighted by Gasteiger charge is 2.26. The van der Waals surface area contributed by atoms with Gasteiger partial charge in [0.25, 0.3) is 0 Å². The lowest BCUT2D eigenvalue weighted by Crippen LogP contribution is -2.40. The molecule has 146 valence electrons. The van der Waals surface area contributed by atoms with Crippen molar-refractivity contribution in [1.82, 2.24) is 14.7 Å². The first-order valence-electron chi connectivity index (χ1n) is 9.75. The average molecular weight is 391 g/mol. The van der Waals surface area contributed by atoms with Gasteiger partial charge in [0, 0.05) is 43.5 Å². The number of hydrogen-bond donors (Lipinski definition) is 1. The Labute approximate surface area is 164 Å². The molecule has 1 fully saturated rings. The zero-order valence-corrected chi connectivity index (χ0v) is 16.6. The van der Waals surface area contributed by atoms with Gasteiger partial charge in [-0.1, -0.05) is 31.9 Å². The van der Waals surface area contributed by atoms with Gasteiger partial charge in [-0.3, -0.25) is 4.79 Å². The predicted octanol–water partition coefficient (Wildman–Crippen LogP) is 3.79. The van der Waals surface area contributed by atoms with E-state index >= 15 is 0 Å². The highest BCUT2D eigenvalue weighted by Crippen LogP contribution is 2.25. The van der Waals surface area contributed by atoms with Crippen LogP contribution in [-0.4, -0.2) is 34.9 Å². The first-order chi connectivity index (χ1) is 13.2. The first-order valence-corrected chi connectivity index (χ1v) is 10.5. The van der Waals surface area contributed by atoms with Crippen molar-refractivity contribution in [2.45, 2.75) is 45.4 Å². The number of aromatic nitrogens is 2. The summed E-state index contributed by atoms with van der Waals surface area (Å²) in [6.45, 7) is 4.61. The van der Waals surface area contributed by atoms with E-state index in [0.717, 1.165) is 61.8 Å². The van der Waals surface area contributed by atoms with Crippen LogP contribution in [0.25, 0.3) is 0 Å². The molecule has 5 nitrogen and oxygen atoms in total. The van der Waals surface area contributed by atoms with E-state index in [4.69, 9.17) is 0 Å². The summed E-state index contributed by atoms with van der Waals surface area (Å²) in [5.41, 5.74) is 0.999. The molecule has 0 saturated carbocycles. The second-order valence-electron chi connectivity index (χ2n) is 7.06. The number of unbranched alkanes of at least 4 members (excludes halogenated alkanes) is 2. The van der Waals surface area contributed by atoms with Crippen molar-refractivity contribution in [3.8, 4) is 0 Å². The fraction of sp³-hybridized carbons (Fsp3) is 0.550. The van der Waals surface area contributed by atoms with E-state index in [9.17, 15) is 9.18 Å². The van der Waals surface area contributed by atoms with Gasteiger partial charge < -0.3 is 10.2 Å². The van der Waals surface area contributed by atoms with E-state index in [2.05, 4.69) is 26.5 Å². The summed E-state index contributed by atoms with van der Waals surface area (Å²) in [5, 5.41) is 3.98. The molecule has 1 aromatic heterocycles. The van der Waals surface area contributed by atoms with E-state index in [1.807, 2.05) is 0 Å². The van der Waals surface area contributed by atoms with Crippen LogP contribution in [0, 0.1) is 11.7 Å². The lowest BCUT2D eigenvalue weighted by Gasteiger charge is -2.30. The normalized spacial score (nSPS) is 15.1. The predicted molar refractivity (Wildman–Crippen MR) is 107 cm³/mol. The number of hydrogen-bond acceptors (Lipinski definition) is 5. The molecule has 1 aliphatic heterocycles. The topological polar surface area (TPSA) is 58.1 Å². The van der Waals surface area contributed by atoms with Crippen LogP contribution in [-0.2, 0) is 11.2 Å². The van der Waals surface area contributed by atoms with Gasteiger partial charge in [-0.25, -0.2) is 9.37 Å². The van der Waals surface area contributed by atoms with Gasteiger partial charge in [-0.15, -0.1) is 0 Å². The summed E-state index contributed by atoms with van der Waals surface area (Å²) in [4.78, 5) is 19.1. The van der Waals surface area contributed by atoms with Gasteiger partial charge in [0.15, 0.2) is 0 Å². The number of piperidine rings is 1. The van der Waals surface area contributed by atoms with Crippen molar-refractivity contribution in [1.29, 1.82) is 0 Å². The number of anilines is 1. The quantitative estimate of drug-likeness (QED) is 0.697. The van der Waals surface area contributed by atoms with E-state index in [1.54, 1.807) is 12.1 Å². The van der Waals surface area contributed by atoms with E-state index in [1.165, 1.54) is 30.1 Å². The fourth-order valence-corrected chi connectivity index (χ4v) is 4.03. The van der Waals surface area contributed by atoms with Gasteiger partial charge in [-0.05, 0) is 37.0 Å². The van der Waals surface area contributed by atoms with Gasteiger partial charge in [-0.2, -0.15) is 4.37 Å². The largest absolute Gasteiger partial charge is 0.356 e. The summed E-state index contributed by atoms with van der Waals surface area (Å²) in [6, 6.07) is 6.45. The number of rotatable bonds is 8. The highest BCUT2D eigenvalue weighted by molar-refractivity contribution is 7.09. The summed E-state index contributed by atoms with van der Waals surface area (Å²) < 4.78 is 17.4. The Bertz CT molecular complexity index is 726.